The van der Waals surface area contributed by atoms with Crippen molar-refractivity contribution in [3.8, 4) is 21.9 Å². The highest BCUT2D eigenvalue weighted by Crippen LogP contribution is 2.46. The van der Waals surface area contributed by atoms with Crippen LogP contribution in [0.2, 0.25) is 5.02 Å². The number of alkyl halides is 3. The Morgan fingerprint density at radius 1 is 0.824 bits per heavy atom. The van der Waals surface area contributed by atoms with Crippen molar-refractivity contribution in [1.82, 2.24) is 39.9 Å². The van der Waals surface area contributed by atoms with Crippen molar-refractivity contribution in [2.24, 2.45) is 10.8 Å². The molecule has 5 amide bonds. The van der Waals surface area contributed by atoms with Gasteiger partial charge in [-0.25, -0.2) is 26.5 Å². The normalized spacial score (nSPS) is 21.2. The van der Waals surface area contributed by atoms with Gasteiger partial charge in [-0.15, -0.1) is 23.1 Å². The van der Waals surface area contributed by atoms with Gasteiger partial charge in [-0.2, -0.15) is 13.2 Å². The van der Waals surface area contributed by atoms with Crippen molar-refractivity contribution in [1.29, 1.82) is 0 Å². The summed E-state index contributed by atoms with van der Waals surface area (Å²) >= 11 is 9.19. The van der Waals surface area contributed by atoms with Gasteiger partial charge in [-0.3, -0.25) is 33.8 Å². The Morgan fingerprint density at radius 2 is 1.60 bits per heavy atom. The Kier molecular flexibility index (Phi) is 23.4. The maximum atomic E-state index is 14.7. The minimum atomic E-state index is -6.21. The van der Waals surface area contributed by atoms with Crippen molar-refractivity contribution in [3.05, 3.63) is 148 Å². The number of allylic oxidation sites excluding steroid dienone is 1. The van der Waals surface area contributed by atoms with Crippen molar-refractivity contribution >= 4 is 101 Å². The number of fused-ring (bicyclic) bond motifs is 8. The van der Waals surface area contributed by atoms with Crippen LogP contribution >= 0.6 is 34.7 Å². The molecule has 0 saturated carbocycles. The van der Waals surface area contributed by atoms with E-state index in [2.05, 4.69) is 61.6 Å². The molecule has 1 aromatic heterocycles. The standard InChI is InChI=1S/C78H92ClF3N10O12S4/c1-76(2,3)72(75(98)92-43-57(93)35-65(92)74(97)83-38-48-16-23-61-66(32-48)104-45-63-71(61)106-47-84-63)86-69(94)14-10-7-11-15-70(95)91-42-54-34-55(91)41-89(54)29-27-53(46-105-58-12-8-6-9-13-58)85-62-24-22-59(36-68(62)107(99,100)78(80,81)82)108(101,102)87-73(96)50-19-25-64-67(33-50)103-44-56-40-88(30-31-90(56)64)39-51-37-77(4,5)28-26-60(51)49-17-20-52(79)21-18-49/h6,8-9,12-13,16-25,32-33,36,47,53-57,65,72,85,93H,7,10-11,14-15,26-31,34-35,37-46H2,1-5H3,(H,83,97)(H,86,94)(H,87,96)/t53-,54+,55+,56+,57-,65+,72-/m1/s1. The quantitative estimate of drug-likeness (QED) is 0.0249. The Hall–Kier alpha value is -7.77. The summed E-state index contributed by atoms with van der Waals surface area (Å²) in [6.07, 6.45) is 4.98. The van der Waals surface area contributed by atoms with Crippen LogP contribution in [0.1, 0.15) is 132 Å². The number of piperazine rings is 2. The number of nitrogens with zero attached hydrogens (tertiary/aromatic N) is 6. The second-order valence-corrected chi connectivity index (χ2v) is 37.2. The monoisotopic (exact) mass is 1580 g/mol. The lowest BCUT2D eigenvalue weighted by Gasteiger charge is -2.46. The SMILES string of the molecule is CC1(C)CCC(c2ccc(Cl)cc2)=C(CN2CCN3c4ccc(C(=O)NS(=O)(=O)c5ccc(N[C@H](CCN6C[C@@H]7C[C@H]6CN7C(=O)CCCCCC(=O)N[C@H](C(=O)N6C[C@H](O)C[C@H]6C(=O)NCc6ccc7c(c6)OCc6ncsc6-7)C(C)(C)C)CSc6ccccc6)c(S(=O)(=O)C(F)(F)F)c5)cc4OC[C@@H]3C2)C1. The molecule has 22 nitrogen and oxygen atoms in total. The lowest BCUT2D eigenvalue weighted by molar-refractivity contribution is -0.144. The number of aliphatic hydroxyl groups is 1. The summed E-state index contributed by atoms with van der Waals surface area (Å²) < 4.78 is 113. The minimum Gasteiger partial charge on any atom is -0.489 e. The largest absolute Gasteiger partial charge is 0.501 e. The number of amides is 5. The zero-order chi connectivity index (χ0) is 76.6. The number of carbonyl (C=O) groups is 5. The lowest BCUT2D eigenvalue weighted by atomic mass is 9.72. The molecule has 4 saturated heterocycles. The third-order valence-electron chi connectivity index (χ3n) is 21.7. The number of nitrogens with one attached hydrogen (secondary N) is 4. The number of unbranched alkanes of at least 4 members (excludes halogenated alkanes) is 2. The van der Waals surface area contributed by atoms with Crippen LogP contribution in [0.4, 0.5) is 24.5 Å². The molecule has 1 aliphatic carbocycles. The first-order chi connectivity index (χ1) is 51.3. The van der Waals surface area contributed by atoms with Crippen LogP contribution in [0.3, 0.4) is 0 Å². The zero-order valence-corrected chi connectivity index (χ0v) is 65.1. The van der Waals surface area contributed by atoms with E-state index < -0.39 is 88.2 Å². The van der Waals surface area contributed by atoms with E-state index in [4.69, 9.17) is 21.1 Å². The molecule has 0 radical (unpaired) electrons. The van der Waals surface area contributed by atoms with Crippen molar-refractivity contribution in [2.45, 2.75) is 181 Å². The number of thioether (sulfide) groups is 1. The van der Waals surface area contributed by atoms with Crippen molar-refractivity contribution in [2.75, 3.05) is 74.9 Å². The first-order valence-electron chi connectivity index (χ1n) is 36.8. The molecule has 578 valence electrons. The van der Waals surface area contributed by atoms with Crippen LogP contribution in [0.5, 0.6) is 11.5 Å². The number of thiazole rings is 1. The molecule has 7 aliphatic rings. The molecular weight excluding hydrogens is 1490 g/mol. The number of halogens is 4. The van der Waals surface area contributed by atoms with Gasteiger partial charge in [0.15, 0.2) is 0 Å². The molecule has 0 unspecified atom stereocenters. The summed E-state index contributed by atoms with van der Waals surface area (Å²) in [7, 11) is -11.2. The van der Waals surface area contributed by atoms with E-state index in [0.717, 1.165) is 83.3 Å². The van der Waals surface area contributed by atoms with E-state index in [-0.39, 0.29) is 79.0 Å². The van der Waals surface area contributed by atoms with Gasteiger partial charge >= 0.3 is 5.51 Å². The van der Waals surface area contributed by atoms with E-state index in [1.807, 2.05) is 91.1 Å². The van der Waals surface area contributed by atoms with E-state index in [1.54, 1.807) is 11.6 Å². The van der Waals surface area contributed by atoms with Crippen LogP contribution < -0.4 is 35.0 Å². The van der Waals surface area contributed by atoms with Gasteiger partial charge in [0.2, 0.25) is 23.6 Å². The van der Waals surface area contributed by atoms with Gasteiger partial charge in [-0.05, 0) is 145 Å². The van der Waals surface area contributed by atoms with Crippen molar-refractivity contribution < 1.29 is 68.6 Å². The van der Waals surface area contributed by atoms with E-state index in [1.165, 1.54) is 56.8 Å². The van der Waals surface area contributed by atoms with Crippen LogP contribution in [0.25, 0.3) is 16.0 Å². The average Bonchev–Trinajstić information content (AvgIpc) is 1.14. The second-order valence-electron chi connectivity index (χ2n) is 31.2. The minimum absolute atomic E-state index is 0.0138. The van der Waals surface area contributed by atoms with Crippen LogP contribution in [-0.4, -0.2) is 189 Å². The predicted octanol–water partition coefficient (Wildman–Crippen LogP) is 11.3. The Balaban J connectivity index is 0.587. The number of sulfonamides is 1. The molecule has 2 bridgehead atoms. The highest BCUT2D eigenvalue weighted by molar-refractivity contribution is 7.99. The number of rotatable bonds is 26. The molecule has 0 spiro atoms. The van der Waals surface area contributed by atoms with Gasteiger partial charge in [-0.1, -0.05) is 94.6 Å². The molecule has 7 atom stereocenters. The lowest BCUT2D eigenvalue weighted by Crippen LogP contribution is -2.57. The molecule has 108 heavy (non-hydrogen) atoms. The first kappa shape index (κ1) is 78.4. The number of ether oxygens (including phenoxy) is 2. The number of hydrogen-bond acceptors (Lipinski definition) is 19. The highest BCUT2D eigenvalue weighted by atomic mass is 35.5. The van der Waals surface area contributed by atoms with Gasteiger partial charge in [0, 0.05) is 123 Å². The van der Waals surface area contributed by atoms with Gasteiger partial charge < -0.3 is 45.2 Å². The second kappa shape index (κ2) is 32.3. The summed E-state index contributed by atoms with van der Waals surface area (Å²) in [4.78, 5) is 83.3. The van der Waals surface area contributed by atoms with E-state index >= 15 is 0 Å². The van der Waals surface area contributed by atoms with Gasteiger partial charge in [0.25, 0.3) is 25.8 Å². The number of benzene rings is 5. The molecular formula is C78H92ClF3N10O12S4. The maximum absolute atomic E-state index is 14.7. The molecule has 30 heteroatoms. The Bertz CT molecular complexity index is 4640. The molecule has 5 aromatic carbocycles. The fourth-order valence-electron chi connectivity index (χ4n) is 16.0. The fraction of sp³-hybridized carbons (Fsp3) is 0.487. The summed E-state index contributed by atoms with van der Waals surface area (Å²) in [6, 6.07) is 27.1. The van der Waals surface area contributed by atoms with Gasteiger partial charge in [0.1, 0.15) is 41.7 Å². The van der Waals surface area contributed by atoms with Crippen molar-refractivity contribution in [3.63, 3.8) is 0 Å². The topological polar surface area (TPSA) is 270 Å². The maximum Gasteiger partial charge on any atom is 0.501 e. The molecule has 4 fully saturated rings. The number of hydrogen-bond donors (Lipinski definition) is 5. The smallest absolute Gasteiger partial charge is 0.489 e. The molecule has 7 heterocycles. The molecule has 5 N–H and O–H groups in total. The number of β-amino-alcohol motifs (C(OH)–C–C–N with tert-alkyl or cyclic N) is 1. The van der Waals surface area contributed by atoms with Gasteiger partial charge in [0.05, 0.1) is 44.5 Å². The number of carbonyl (C=O) groups excluding carboxylic acids is 5. The number of aliphatic hydroxyl groups excluding tert-OH is 1. The van der Waals surface area contributed by atoms with E-state index in [0.29, 0.717) is 94.1 Å². The number of anilines is 2. The fourth-order valence-corrected chi connectivity index (χ4v) is 19.9. The molecule has 6 aliphatic heterocycles. The van der Waals surface area contributed by atoms with Crippen LogP contribution in [0.15, 0.2) is 135 Å². The number of aromatic nitrogens is 1. The third-order valence-corrected chi connectivity index (χ3v) is 26.9. The highest BCUT2D eigenvalue weighted by Gasteiger charge is 2.50. The van der Waals surface area contributed by atoms with E-state index in [9.17, 15) is 59.1 Å². The van der Waals surface area contributed by atoms with Crippen LogP contribution in [0, 0.1) is 10.8 Å². The first-order valence-corrected chi connectivity index (χ1v) is 42.0. The predicted molar refractivity (Wildman–Crippen MR) is 409 cm³/mol. The Morgan fingerprint density at radius 3 is 2.35 bits per heavy atom. The summed E-state index contributed by atoms with van der Waals surface area (Å²) in [5.41, 5.74) is 2.03. The Labute approximate surface area is 641 Å². The summed E-state index contributed by atoms with van der Waals surface area (Å²) in [6.45, 7) is 15.1. The summed E-state index contributed by atoms with van der Waals surface area (Å²) in [5.74, 6) is -1.10. The molecule has 13 rings (SSSR count). The number of sulfone groups is 1. The van der Waals surface area contributed by atoms with Crippen LogP contribution in [-0.2, 0) is 52.2 Å². The zero-order valence-electron chi connectivity index (χ0n) is 61.0. The number of likely N-dealkylation sites (tertiary alicyclic amines) is 3. The molecule has 6 aromatic rings. The average molecular weight is 1580 g/mol. The third kappa shape index (κ3) is 17.8. The summed E-state index contributed by atoms with van der Waals surface area (Å²) in [5, 5.41) is 20.3.